The highest BCUT2D eigenvalue weighted by Gasteiger charge is 2.37. The van der Waals surface area contributed by atoms with Crippen LogP contribution in [0.25, 0.3) is 0 Å². The molecular weight excluding hydrogens is 509 g/mol. The quantitative estimate of drug-likeness (QED) is 0.461. The maximum absolute atomic E-state index is 13.9. The van der Waals surface area contributed by atoms with Crippen LogP contribution in [0.4, 0.5) is 4.39 Å². The third-order valence-corrected chi connectivity index (χ3v) is 8.74. The van der Waals surface area contributed by atoms with E-state index in [1.165, 1.54) is 12.1 Å². The molecule has 2 aromatic rings. The molecule has 40 heavy (non-hydrogen) atoms. The average molecular weight is 552 g/mol. The van der Waals surface area contributed by atoms with Crippen LogP contribution < -0.4 is 4.74 Å². The summed E-state index contributed by atoms with van der Waals surface area (Å²) >= 11 is 0. The van der Waals surface area contributed by atoms with Gasteiger partial charge in [-0.3, -0.25) is 14.5 Å². The Morgan fingerprint density at radius 2 is 1.73 bits per heavy atom. The number of piperazine rings is 1. The Bertz CT molecular complexity index is 1160. The Balaban J connectivity index is 1.36. The van der Waals surface area contributed by atoms with Crippen LogP contribution in [0.15, 0.2) is 42.5 Å². The molecule has 5 rings (SSSR count). The lowest BCUT2D eigenvalue weighted by Crippen LogP contribution is -2.52. The van der Waals surface area contributed by atoms with E-state index in [1.807, 2.05) is 28.9 Å². The maximum Gasteiger partial charge on any atom is 0.263 e. The molecule has 1 saturated carbocycles. The van der Waals surface area contributed by atoms with Gasteiger partial charge in [-0.2, -0.15) is 0 Å². The first-order valence-corrected chi connectivity index (χ1v) is 14.8. The fourth-order valence-corrected chi connectivity index (χ4v) is 6.40. The number of ether oxygens (including phenoxy) is 2. The number of methoxy groups -OCH3 is 1. The number of carbonyl (C=O) groups excluding carboxylic acids is 2. The minimum absolute atomic E-state index is 0.0136. The van der Waals surface area contributed by atoms with Gasteiger partial charge in [0.25, 0.3) is 5.91 Å². The molecule has 0 radical (unpaired) electrons. The van der Waals surface area contributed by atoms with Gasteiger partial charge in [0.1, 0.15) is 11.6 Å². The summed E-state index contributed by atoms with van der Waals surface area (Å²) in [6, 6.07) is 12.2. The number of hydrogen-bond donors (Lipinski definition) is 0. The van der Waals surface area contributed by atoms with Crippen molar-refractivity contribution in [2.75, 3.05) is 53.0 Å². The third kappa shape index (κ3) is 6.33. The number of hydrogen-bond acceptors (Lipinski definition) is 5. The van der Waals surface area contributed by atoms with E-state index in [4.69, 9.17) is 9.47 Å². The van der Waals surface area contributed by atoms with Crippen LogP contribution in [0.3, 0.4) is 0 Å². The molecule has 1 aliphatic carbocycles. The lowest BCUT2D eigenvalue weighted by molar-refractivity contribution is -0.140. The van der Waals surface area contributed by atoms with Crippen LogP contribution >= 0.6 is 0 Å². The highest BCUT2D eigenvalue weighted by Crippen LogP contribution is 2.40. The van der Waals surface area contributed by atoms with Crippen molar-refractivity contribution in [1.82, 2.24) is 14.7 Å². The van der Waals surface area contributed by atoms with E-state index in [2.05, 4.69) is 11.0 Å². The van der Waals surface area contributed by atoms with Gasteiger partial charge in [-0.1, -0.05) is 38.0 Å². The monoisotopic (exact) mass is 551 g/mol. The normalized spacial score (nSPS) is 20.8. The Hall–Kier alpha value is -2.97. The summed E-state index contributed by atoms with van der Waals surface area (Å²) in [6.07, 6.45) is 4.80. The van der Waals surface area contributed by atoms with E-state index in [1.54, 1.807) is 19.2 Å². The van der Waals surface area contributed by atoms with Crippen LogP contribution in [-0.2, 0) is 20.7 Å². The molecule has 2 aromatic carbocycles. The third-order valence-electron chi connectivity index (χ3n) is 8.74. The molecule has 8 heteroatoms. The highest BCUT2D eigenvalue weighted by molar-refractivity contribution is 5.82. The van der Waals surface area contributed by atoms with Crippen molar-refractivity contribution in [3.8, 4) is 5.75 Å². The smallest absolute Gasteiger partial charge is 0.263 e. The van der Waals surface area contributed by atoms with Crippen LogP contribution in [0.5, 0.6) is 5.75 Å². The first-order chi connectivity index (χ1) is 19.5. The minimum Gasteiger partial charge on any atom is -0.481 e. The average Bonchev–Trinajstić information content (AvgIpc) is 3.53. The molecule has 2 aliphatic heterocycles. The highest BCUT2D eigenvalue weighted by atomic mass is 19.1. The van der Waals surface area contributed by atoms with Crippen molar-refractivity contribution in [2.24, 2.45) is 5.92 Å². The molecule has 2 fully saturated rings. The second-order valence-electron chi connectivity index (χ2n) is 11.3. The van der Waals surface area contributed by atoms with Gasteiger partial charge in [0.2, 0.25) is 5.91 Å². The Morgan fingerprint density at radius 3 is 2.40 bits per heavy atom. The molecule has 0 aromatic heterocycles. The van der Waals surface area contributed by atoms with Crippen LogP contribution in [0.2, 0.25) is 0 Å². The van der Waals surface area contributed by atoms with Gasteiger partial charge in [0, 0.05) is 52.3 Å². The second kappa shape index (κ2) is 13.1. The first kappa shape index (κ1) is 28.6. The summed E-state index contributed by atoms with van der Waals surface area (Å²) in [7, 11) is 1.70. The molecule has 2 atom stereocenters. The summed E-state index contributed by atoms with van der Waals surface area (Å²) in [4.78, 5) is 33.3. The van der Waals surface area contributed by atoms with Crippen LogP contribution in [0, 0.1) is 11.7 Å². The fraction of sp³-hybridized carbons (Fsp3) is 0.562. The second-order valence-corrected chi connectivity index (χ2v) is 11.3. The number of fused-ring (bicyclic) bond motifs is 1. The zero-order chi connectivity index (χ0) is 28.1. The van der Waals surface area contributed by atoms with Crippen molar-refractivity contribution >= 4 is 11.8 Å². The summed E-state index contributed by atoms with van der Waals surface area (Å²) in [6.45, 7) is 7.18. The van der Waals surface area contributed by atoms with E-state index in [-0.39, 0.29) is 29.6 Å². The van der Waals surface area contributed by atoms with Gasteiger partial charge in [0.15, 0.2) is 6.10 Å². The molecule has 2 heterocycles. The fourth-order valence-electron chi connectivity index (χ4n) is 6.40. The molecule has 0 spiro atoms. The molecule has 0 unspecified atom stereocenters. The number of halogens is 1. The van der Waals surface area contributed by atoms with Crippen molar-refractivity contribution in [3.05, 3.63) is 65.0 Å². The minimum atomic E-state index is -0.576. The molecular formula is C32H42FN3O4. The van der Waals surface area contributed by atoms with Gasteiger partial charge in [-0.15, -0.1) is 0 Å². The lowest BCUT2D eigenvalue weighted by Gasteiger charge is -2.39. The number of carbonyl (C=O) groups is 2. The molecule has 216 valence electrons. The van der Waals surface area contributed by atoms with E-state index in [9.17, 15) is 14.0 Å². The number of benzene rings is 2. The summed E-state index contributed by atoms with van der Waals surface area (Å²) < 4.78 is 25.4. The first-order valence-electron chi connectivity index (χ1n) is 14.8. The zero-order valence-electron chi connectivity index (χ0n) is 23.8. The zero-order valence-corrected chi connectivity index (χ0v) is 23.8. The molecule has 1 saturated heterocycles. The Labute approximate surface area is 237 Å². The predicted octanol–water partition coefficient (Wildman–Crippen LogP) is 4.44. The topological polar surface area (TPSA) is 62.3 Å². The maximum atomic E-state index is 13.9. The lowest BCUT2D eigenvalue weighted by atomic mass is 9.87. The van der Waals surface area contributed by atoms with E-state index in [0.29, 0.717) is 38.4 Å². The predicted molar refractivity (Wildman–Crippen MR) is 152 cm³/mol. The number of amides is 2. The van der Waals surface area contributed by atoms with Crippen LogP contribution in [-0.4, -0.2) is 85.6 Å². The largest absolute Gasteiger partial charge is 0.481 e. The number of nitrogens with zero attached hydrogens (tertiary/aromatic N) is 3. The molecule has 3 aliphatic rings. The summed E-state index contributed by atoms with van der Waals surface area (Å²) in [5.74, 6) is 0.588. The van der Waals surface area contributed by atoms with Crippen molar-refractivity contribution in [2.45, 2.75) is 57.6 Å². The summed E-state index contributed by atoms with van der Waals surface area (Å²) in [5, 5.41) is 0. The van der Waals surface area contributed by atoms with Gasteiger partial charge in [0.05, 0.1) is 12.6 Å². The Kier molecular flexibility index (Phi) is 9.37. The molecule has 0 N–H and O–H groups in total. The van der Waals surface area contributed by atoms with Gasteiger partial charge in [-0.05, 0) is 66.6 Å². The van der Waals surface area contributed by atoms with E-state index < -0.39 is 6.10 Å². The SMILES string of the molecule is CC[C@@H](Oc1ccc2c(c1)[C@H](c1ccc(F)cc1)N(C(=O)C1CCCC1)CC2)C(=O)N1CCN(CCOC)CC1. The van der Waals surface area contributed by atoms with Crippen molar-refractivity contribution in [1.29, 1.82) is 0 Å². The molecule has 0 bridgehead atoms. The molecule has 7 nitrogen and oxygen atoms in total. The summed E-state index contributed by atoms with van der Waals surface area (Å²) in [5.41, 5.74) is 3.04. The van der Waals surface area contributed by atoms with E-state index in [0.717, 1.165) is 68.4 Å². The van der Waals surface area contributed by atoms with Crippen LogP contribution in [0.1, 0.15) is 61.8 Å². The molecule has 2 amide bonds. The van der Waals surface area contributed by atoms with Crippen molar-refractivity contribution < 1.29 is 23.5 Å². The van der Waals surface area contributed by atoms with Gasteiger partial charge < -0.3 is 19.3 Å². The number of rotatable bonds is 9. The van der Waals surface area contributed by atoms with E-state index >= 15 is 0 Å². The Morgan fingerprint density at radius 1 is 1.00 bits per heavy atom. The van der Waals surface area contributed by atoms with Gasteiger partial charge in [-0.25, -0.2) is 4.39 Å². The standard InChI is InChI=1S/C32H42FN3O4/c1-3-29(32(38)35-18-16-34(17-19-35)20-21-39-2)40-27-13-10-23-14-15-36(31(37)25-6-4-5-7-25)30(28(23)22-27)24-8-11-26(33)12-9-24/h8-13,22,25,29-30H,3-7,14-21H2,1-2H3/t29-,30+/m1/s1. The van der Waals surface area contributed by atoms with Gasteiger partial charge >= 0.3 is 0 Å². The van der Waals surface area contributed by atoms with Crippen molar-refractivity contribution in [3.63, 3.8) is 0 Å².